The Balaban J connectivity index is 2.18. The summed E-state index contributed by atoms with van der Waals surface area (Å²) < 4.78 is 0.861. The van der Waals surface area contributed by atoms with Gasteiger partial charge in [0.2, 0.25) is 0 Å². The van der Waals surface area contributed by atoms with E-state index < -0.39 is 0 Å². The van der Waals surface area contributed by atoms with Gasteiger partial charge in [-0.1, -0.05) is 6.92 Å². The van der Waals surface area contributed by atoms with Gasteiger partial charge in [0.15, 0.2) is 0 Å². The van der Waals surface area contributed by atoms with Crippen LogP contribution in [-0.4, -0.2) is 4.92 Å². The number of thiophene rings is 1. The second kappa shape index (κ2) is 6.33. The van der Waals surface area contributed by atoms with Crippen LogP contribution in [-0.2, 0) is 13.0 Å². The highest BCUT2D eigenvalue weighted by atomic mass is 127. The lowest BCUT2D eigenvalue weighted by atomic mass is 10.2. The van der Waals surface area contributed by atoms with Crippen LogP contribution >= 0.6 is 33.9 Å². The molecule has 0 aliphatic carbocycles. The first-order chi connectivity index (χ1) is 9.11. The van der Waals surface area contributed by atoms with E-state index in [1.54, 1.807) is 23.5 Å². The predicted octanol–water partition coefficient (Wildman–Crippen LogP) is 4.44. The summed E-state index contributed by atoms with van der Waals surface area (Å²) in [4.78, 5) is 11.9. The van der Waals surface area contributed by atoms with Crippen LogP contribution in [0.2, 0.25) is 0 Å². The third-order valence-corrected chi connectivity index (χ3v) is 4.45. The lowest BCUT2D eigenvalue weighted by Gasteiger charge is -2.07. The Hall–Kier alpha value is -1.15. The van der Waals surface area contributed by atoms with Crippen molar-refractivity contribution in [3.8, 4) is 0 Å². The van der Waals surface area contributed by atoms with E-state index in [1.165, 1.54) is 10.4 Å². The number of nitrogens with zero attached hydrogens (tertiary/aromatic N) is 1. The number of benzene rings is 1. The van der Waals surface area contributed by atoms with Crippen molar-refractivity contribution in [3.63, 3.8) is 0 Å². The number of nitrogens with one attached hydrogen (secondary N) is 1. The van der Waals surface area contributed by atoms with Crippen molar-refractivity contribution in [2.75, 3.05) is 5.32 Å². The number of nitro benzene ring substituents is 1. The van der Waals surface area contributed by atoms with Crippen LogP contribution < -0.4 is 5.32 Å². The Bertz CT molecular complexity index is 598. The molecule has 0 fully saturated rings. The van der Waals surface area contributed by atoms with Gasteiger partial charge in [-0.2, -0.15) is 0 Å². The van der Waals surface area contributed by atoms with E-state index in [2.05, 4.69) is 46.3 Å². The fourth-order valence-corrected chi connectivity index (χ4v) is 3.21. The zero-order chi connectivity index (χ0) is 13.8. The lowest BCUT2D eigenvalue weighted by Crippen LogP contribution is -2.03. The molecule has 100 valence electrons. The Morgan fingerprint density at radius 3 is 2.89 bits per heavy atom. The maximum atomic E-state index is 11.0. The molecule has 0 saturated carbocycles. The van der Waals surface area contributed by atoms with Crippen LogP contribution in [0.1, 0.15) is 17.4 Å². The smallest absolute Gasteiger partial charge is 0.293 e. The quantitative estimate of drug-likeness (QED) is 0.468. The highest BCUT2D eigenvalue weighted by molar-refractivity contribution is 14.1. The highest BCUT2D eigenvalue weighted by Gasteiger charge is 2.14. The minimum absolute atomic E-state index is 0.126. The average molecular weight is 388 g/mol. The fraction of sp³-hybridized carbons (Fsp3) is 0.231. The molecular formula is C13H13IN2O2S. The average Bonchev–Trinajstić information content (AvgIpc) is 2.84. The second-order valence-corrected chi connectivity index (χ2v) is 6.24. The zero-order valence-corrected chi connectivity index (χ0v) is 13.3. The predicted molar refractivity (Wildman–Crippen MR) is 86.8 cm³/mol. The summed E-state index contributed by atoms with van der Waals surface area (Å²) in [5.74, 6) is 0. The van der Waals surface area contributed by atoms with Gasteiger partial charge in [0.1, 0.15) is 5.69 Å². The van der Waals surface area contributed by atoms with Crippen LogP contribution in [0, 0.1) is 13.7 Å². The van der Waals surface area contributed by atoms with Gasteiger partial charge in [-0.25, -0.2) is 0 Å². The van der Waals surface area contributed by atoms with Crippen LogP contribution in [0.5, 0.6) is 0 Å². The SMILES string of the molecule is CCc1ccsc1CNc1ccc(I)cc1[N+](=O)[O-]. The van der Waals surface area contributed by atoms with Crippen molar-refractivity contribution < 1.29 is 4.92 Å². The number of anilines is 1. The highest BCUT2D eigenvalue weighted by Crippen LogP contribution is 2.27. The van der Waals surface area contributed by atoms with Gasteiger partial charge >= 0.3 is 0 Å². The van der Waals surface area contributed by atoms with Crippen LogP contribution in [0.15, 0.2) is 29.6 Å². The van der Waals surface area contributed by atoms with Gasteiger partial charge in [-0.3, -0.25) is 10.1 Å². The molecule has 0 spiro atoms. The zero-order valence-electron chi connectivity index (χ0n) is 10.4. The third kappa shape index (κ3) is 3.44. The summed E-state index contributed by atoms with van der Waals surface area (Å²) in [7, 11) is 0. The van der Waals surface area contributed by atoms with E-state index in [-0.39, 0.29) is 10.6 Å². The maximum Gasteiger partial charge on any atom is 0.293 e. The van der Waals surface area contributed by atoms with Crippen molar-refractivity contribution in [3.05, 3.63) is 53.8 Å². The van der Waals surface area contributed by atoms with Gasteiger partial charge in [0.25, 0.3) is 5.69 Å². The van der Waals surface area contributed by atoms with Crippen LogP contribution in [0.4, 0.5) is 11.4 Å². The van der Waals surface area contributed by atoms with Gasteiger partial charge in [0, 0.05) is 21.1 Å². The van der Waals surface area contributed by atoms with Gasteiger partial charge in [-0.05, 0) is 58.2 Å². The van der Waals surface area contributed by atoms with Crippen molar-refractivity contribution in [1.82, 2.24) is 0 Å². The molecule has 19 heavy (non-hydrogen) atoms. The summed E-state index contributed by atoms with van der Waals surface area (Å²) in [6.45, 7) is 2.74. The molecule has 0 radical (unpaired) electrons. The summed E-state index contributed by atoms with van der Waals surface area (Å²) in [6, 6.07) is 7.31. The molecule has 6 heteroatoms. The maximum absolute atomic E-state index is 11.0. The van der Waals surface area contributed by atoms with Crippen LogP contribution in [0.3, 0.4) is 0 Å². The molecular weight excluding hydrogens is 375 g/mol. The number of hydrogen-bond donors (Lipinski definition) is 1. The first-order valence-electron chi connectivity index (χ1n) is 5.85. The van der Waals surface area contributed by atoms with Crippen molar-refractivity contribution in [1.29, 1.82) is 0 Å². The van der Waals surface area contributed by atoms with E-state index in [4.69, 9.17) is 0 Å². The first-order valence-corrected chi connectivity index (χ1v) is 7.80. The molecule has 0 unspecified atom stereocenters. The molecule has 1 aromatic carbocycles. The molecule has 1 heterocycles. The van der Waals surface area contributed by atoms with Gasteiger partial charge in [0.05, 0.1) is 4.92 Å². The van der Waals surface area contributed by atoms with Crippen molar-refractivity contribution >= 4 is 45.3 Å². The first kappa shape index (κ1) is 14.3. The number of halogens is 1. The number of rotatable bonds is 5. The molecule has 0 amide bonds. The summed E-state index contributed by atoms with van der Waals surface area (Å²) in [5, 5.41) is 16.2. The molecule has 0 atom stereocenters. The molecule has 2 aromatic rings. The molecule has 0 aliphatic rings. The summed E-state index contributed by atoms with van der Waals surface area (Å²) in [5.41, 5.74) is 1.99. The van der Waals surface area contributed by atoms with Crippen molar-refractivity contribution in [2.24, 2.45) is 0 Å². The molecule has 2 rings (SSSR count). The Labute approximate surface area is 129 Å². The molecule has 0 bridgehead atoms. The number of aryl methyl sites for hydroxylation is 1. The largest absolute Gasteiger partial charge is 0.375 e. The Kier molecular flexibility index (Phi) is 4.76. The van der Waals surface area contributed by atoms with Crippen molar-refractivity contribution in [2.45, 2.75) is 19.9 Å². The molecule has 0 saturated heterocycles. The fourth-order valence-electron chi connectivity index (χ4n) is 1.82. The summed E-state index contributed by atoms with van der Waals surface area (Å²) >= 11 is 3.75. The third-order valence-electron chi connectivity index (χ3n) is 2.81. The lowest BCUT2D eigenvalue weighted by molar-refractivity contribution is -0.384. The van der Waals surface area contributed by atoms with E-state index in [1.807, 2.05) is 6.07 Å². The summed E-state index contributed by atoms with van der Waals surface area (Å²) in [6.07, 6.45) is 0.981. The van der Waals surface area contributed by atoms with Gasteiger partial charge in [-0.15, -0.1) is 11.3 Å². The molecule has 1 N–H and O–H groups in total. The molecule has 1 aromatic heterocycles. The van der Waals surface area contributed by atoms with Crippen LogP contribution in [0.25, 0.3) is 0 Å². The molecule has 4 nitrogen and oxygen atoms in total. The topological polar surface area (TPSA) is 55.2 Å². The van der Waals surface area contributed by atoms with E-state index in [0.717, 1.165) is 9.99 Å². The number of hydrogen-bond acceptors (Lipinski definition) is 4. The molecule has 0 aliphatic heterocycles. The van der Waals surface area contributed by atoms with E-state index >= 15 is 0 Å². The standard InChI is InChI=1S/C13H13IN2O2S/c1-2-9-5-6-19-13(9)8-15-11-4-3-10(14)7-12(11)16(17)18/h3-7,15H,2,8H2,1H3. The Morgan fingerprint density at radius 1 is 1.42 bits per heavy atom. The monoisotopic (exact) mass is 388 g/mol. The number of nitro groups is 1. The normalized spacial score (nSPS) is 10.4. The Morgan fingerprint density at radius 2 is 2.21 bits per heavy atom. The van der Waals surface area contributed by atoms with E-state index in [9.17, 15) is 10.1 Å². The van der Waals surface area contributed by atoms with E-state index in [0.29, 0.717) is 12.2 Å². The minimum atomic E-state index is -0.348. The minimum Gasteiger partial charge on any atom is -0.375 e. The van der Waals surface area contributed by atoms with Gasteiger partial charge < -0.3 is 5.32 Å². The second-order valence-electron chi connectivity index (χ2n) is 3.99.